The Labute approximate surface area is 123 Å². The van der Waals surface area contributed by atoms with Gasteiger partial charge in [0, 0.05) is 0 Å². The number of furan rings is 1. The highest BCUT2D eigenvalue weighted by atomic mass is 79.9. The lowest BCUT2D eigenvalue weighted by Gasteiger charge is -2.16. The van der Waals surface area contributed by atoms with Gasteiger partial charge < -0.3 is 9.73 Å². The van der Waals surface area contributed by atoms with E-state index in [9.17, 15) is 14.5 Å². The third-order valence-corrected chi connectivity index (χ3v) is 3.37. The van der Waals surface area contributed by atoms with E-state index in [2.05, 4.69) is 21.2 Å². The minimum Gasteiger partial charge on any atom is -0.404 e. The van der Waals surface area contributed by atoms with Crippen molar-refractivity contribution < 1.29 is 13.7 Å². The van der Waals surface area contributed by atoms with Gasteiger partial charge >= 0.3 is 5.88 Å². The van der Waals surface area contributed by atoms with Gasteiger partial charge in [0.2, 0.25) is 0 Å². The predicted molar refractivity (Wildman–Crippen MR) is 75.0 cm³/mol. The van der Waals surface area contributed by atoms with Crippen molar-refractivity contribution in [3.05, 3.63) is 62.1 Å². The molecule has 0 amide bonds. The number of nitrogens with one attached hydrogen (secondary N) is 1. The maximum absolute atomic E-state index is 13.3. The number of nitrogens with zero attached hydrogens (tertiary/aromatic N) is 1. The standard InChI is InChI=1S/C13H12BrFN2O3/c1-2-16-13(8-3-4-10(15)9(14)7-8)11-5-6-12(20-11)17(18)19/h3-7,13,16H,2H2,1H3. The van der Waals surface area contributed by atoms with E-state index in [1.165, 1.54) is 12.1 Å². The molecule has 1 heterocycles. The molecule has 1 N–H and O–H groups in total. The van der Waals surface area contributed by atoms with Crippen LogP contribution in [0.25, 0.3) is 0 Å². The molecule has 0 aliphatic rings. The number of nitro groups is 1. The molecule has 1 unspecified atom stereocenters. The smallest absolute Gasteiger partial charge is 0.404 e. The summed E-state index contributed by atoms with van der Waals surface area (Å²) in [6.45, 7) is 2.54. The van der Waals surface area contributed by atoms with Crippen molar-refractivity contribution in [3.63, 3.8) is 0 Å². The molecule has 1 aromatic heterocycles. The molecule has 0 saturated heterocycles. The highest BCUT2D eigenvalue weighted by molar-refractivity contribution is 9.10. The monoisotopic (exact) mass is 342 g/mol. The average molecular weight is 343 g/mol. The minimum absolute atomic E-state index is 0.316. The van der Waals surface area contributed by atoms with Gasteiger partial charge in [0.1, 0.15) is 16.5 Å². The van der Waals surface area contributed by atoms with Gasteiger partial charge in [-0.25, -0.2) is 4.39 Å². The zero-order valence-electron chi connectivity index (χ0n) is 10.6. The summed E-state index contributed by atoms with van der Waals surface area (Å²) >= 11 is 3.12. The van der Waals surface area contributed by atoms with Crippen molar-refractivity contribution in [2.45, 2.75) is 13.0 Å². The molecule has 0 saturated carbocycles. The third kappa shape index (κ3) is 3.05. The van der Waals surface area contributed by atoms with Crippen molar-refractivity contribution in [3.8, 4) is 0 Å². The summed E-state index contributed by atoms with van der Waals surface area (Å²) < 4.78 is 18.8. The predicted octanol–water partition coefficient (Wildman–Crippen LogP) is 3.79. The van der Waals surface area contributed by atoms with Crippen LogP contribution in [0.2, 0.25) is 0 Å². The van der Waals surface area contributed by atoms with Crippen molar-refractivity contribution in [1.82, 2.24) is 5.32 Å². The van der Waals surface area contributed by atoms with Crippen LogP contribution in [0.4, 0.5) is 10.3 Å². The molecule has 20 heavy (non-hydrogen) atoms. The van der Waals surface area contributed by atoms with Crippen LogP contribution in [0.3, 0.4) is 0 Å². The average Bonchev–Trinajstić information content (AvgIpc) is 2.89. The SMILES string of the molecule is CCNC(c1ccc(F)c(Br)c1)c1ccc([N+](=O)[O-])o1. The molecule has 0 bridgehead atoms. The Morgan fingerprint density at radius 3 is 2.75 bits per heavy atom. The van der Waals surface area contributed by atoms with Crippen LogP contribution in [0.1, 0.15) is 24.3 Å². The lowest BCUT2D eigenvalue weighted by molar-refractivity contribution is -0.402. The molecule has 1 aromatic carbocycles. The second kappa shape index (κ2) is 6.15. The number of halogens is 2. The van der Waals surface area contributed by atoms with Crippen LogP contribution in [0.5, 0.6) is 0 Å². The lowest BCUT2D eigenvalue weighted by atomic mass is 10.0. The van der Waals surface area contributed by atoms with Crippen LogP contribution in [-0.2, 0) is 0 Å². The molecule has 2 rings (SSSR count). The van der Waals surface area contributed by atoms with E-state index in [1.54, 1.807) is 18.2 Å². The fourth-order valence-electron chi connectivity index (χ4n) is 1.87. The van der Waals surface area contributed by atoms with Gasteiger partial charge in [-0.15, -0.1) is 0 Å². The molecule has 1 atom stereocenters. The molecular formula is C13H12BrFN2O3. The van der Waals surface area contributed by atoms with Gasteiger partial charge in [-0.1, -0.05) is 13.0 Å². The van der Waals surface area contributed by atoms with Gasteiger partial charge in [0.25, 0.3) is 0 Å². The molecular weight excluding hydrogens is 331 g/mol. The summed E-state index contributed by atoms with van der Waals surface area (Å²) in [4.78, 5) is 10.1. The fraction of sp³-hybridized carbons (Fsp3) is 0.231. The van der Waals surface area contributed by atoms with Crippen molar-refractivity contribution in [1.29, 1.82) is 0 Å². The van der Waals surface area contributed by atoms with Crippen molar-refractivity contribution in [2.24, 2.45) is 0 Å². The maximum atomic E-state index is 13.3. The Kier molecular flexibility index (Phi) is 4.51. The molecule has 7 heteroatoms. The summed E-state index contributed by atoms with van der Waals surface area (Å²) in [7, 11) is 0. The topological polar surface area (TPSA) is 68.3 Å². The third-order valence-electron chi connectivity index (χ3n) is 2.76. The molecule has 0 radical (unpaired) electrons. The van der Waals surface area contributed by atoms with E-state index in [0.717, 1.165) is 5.56 Å². The quantitative estimate of drug-likeness (QED) is 0.663. The minimum atomic E-state index is -0.590. The van der Waals surface area contributed by atoms with Crippen LogP contribution in [0, 0.1) is 15.9 Å². The largest absolute Gasteiger partial charge is 0.433 e. The van der Waals surface area contributed by atoms with E-state index in [-0.39, 0.29) is 17.7 Å². The molecule has 0 spiro atoms. The van der Waals surface area contributed by atoms with Crippen LogP contribution < -0.4 is 5.32 Å². The molecule has 2 aromatic rings. The highest BCUT2D eigenvalue weighted by Crippen LogP contribution is 2.29. The Balaban J connectivity index is 2.38. The second-order valence-electron chi connectivity index (χ2n) is 4.10. The molecule has 0 fully saturated rings. The summed E-state index contributed by atoms with van der Waals surface area (Å²) in [6, 6.07) is 7.05. The van der Waals surface area contributed by atoms with E-state index in [4.69, 9.17) is 4.42 Å². The Hall–Kier alpha value is -1.73. The molecule has 0 aliphatic carbocycles. The van der Waals surface area contributed by atoms with Gasteiger partial charge in [-0.05, 0) is 46.2 Å². The van der Waals surface area contributed by atoms with Crippen molar-refractivity contribution >= 4 is 21.8 Å². The zero-order valence-corrected chi connectivity index (χ0v) is 12.2. The number of benzene rings is 1. The Morgan fingerprint density at radius 1 is 1.45 bits per heavy atom. The Morgan fingerprint density at radius 2 is 2.20 bits per heavy atom. The first-order valence-electron chi connectivity index (χ1n) is 5.95. The maximum Gasteiger partial charge on any atom is 0.433 e. The summed E-state index contributed by atoms with van der Waals surface area (Å²) in [5, 5.41) is 13.8. The lowest BCUT2D eigenvalue weighted by Crippen LogP contribution is -2.21. The van der Waals surface area contributed by atoms with Gasteiger partial charge in [-0.2, -0.15) is 0 Å². The van der Waals surface area contributed by atoms with Gasteiger partial charge in [0.15, 0.2) is 0 Å². The first-order valence-corrected chi connectivity index (χ1v) is 6.74. The number of hydrogen-bond donors (Lipinski definition) is 1. The first kappa shape index (κ1) is 14.7. The summed E-state index contributed by atoms with van der Waals surface area (Å²) in [6.07, 6.45) is 0. The van der Waals surface area contributed by atoms with Crippen LogP contribution >= 0.6 is 15.9 Å². The highest BCUT2D eigenvalue weighted by Gasteiger charge is 2.21. The van der Waals surface area contributed by atoms with E-state index in [1.807, 2.05) is 6.92 Å². The second-order valence-corrected chi connectivity index (χ2v) is 4.95. The molecule has 0 aliphatic heterocycles. The van der Waals surface area contributed by atoms with E-state index in [0.29, 0.717) is 16.8 Å². The van der Waals surface area contributed by atoms with Gasteiger partial charge in [0.05, 0.1) is 16.6 Å². The normalized spacial score (nSPS) is 12.3. The van der Waals surface area contributed by atoms with E-state index >= 15 is 0 Å². The number of hydrogen-bond acceptors (Lipinski definition) is 4. The van der Waals surface area contributed by atoms with Crippen molar-refractivity contribution in [2.75, 3.05) is 6.54 Å². The van der Waals surface area contributed by atoms with E-state index < -0.39 is 4.92 Å². The summed E-state index contributed by atoms with van der Waals surface area (Å²) in [5.74, 6) is -0.268. The van der Waals surface area contributed by atoms with Crippen LogP contribution in [-0.4, -0.2) is 11.5 Å². The molecule has 5 nitrogen and oxygen atoms in total. The summed E-state index contributed by atoms with van der Waals surface area (Å²) in [5.41, 5.74) is 0.754. The van der Waals surface area contributed by atoms with Crippen LogP contribution in [0.15, 0.2) is 39.2 Å². The zero-order chi connectivity index (χ0) is 14.7. The van der Waals surface area contributed by atoms with Gasteiger partial charge in [-0.3, -0.25) is 10.1 Å². The molecule has 106 valence electrons. The number of rotatable bonds is 5. The fourth-order valence-corrected chi connectivity index (χ4v) is 2.27. The first-order chi connectivity index (χ1) is 9.52. The Bertz CT molecular complexity index is 630.